The zero-order valence-electron chi connectivity index (χ0n) is 16.4. The van der Waals surface area contributed by atoms with Gasteiger partial charge in [0.2, 0.25) is 5.91 Å². The predicted octanol–water partition coefficient (Wildman–Crippen LogP) is 1.47. The van der Waals surface area contributed by atoms with Crippen LogP contribution in [0.15, 0.2) is 35.3 Å². The molecule has 1 aromatic rings. The Labute approximate surface area is 162 Å². The van der Waals surface area contributed by atoms with Crippen molar-refractivity contribution in [2.24, 2.45) is 16.6 Å². The van der Waals surface area contributed by atoms with Crippen LogP contribution in [0, 0.1) is 5.92 Å². The standard InChI is InChI=1S/C21H33N5O/c1-23-20(25-16-21(10-11-21)18-8-3-2-4-9-18)24-12-6-14-26-13-5-7-17(15-26)19(22)27/h2-4,8-9,17H,5-7,10-16H2,1H3,(H2,22,27)(H2,23,24,25). The van der Waals surface area contributed by atoms with Crippen LogP contribution in [0.5, 0.6) is 0 Å². The quantitative estimate of drug-likeness (QED) is 0.367. The second-order valence-electron chi connectivity index (χ2n) is 7.89. The van der Waals surface area contributed by atoms with Gasteiger partial charge in [-0.1, -0.05) is 30.3 Å². The van der Waals surface area contributed by atoms with Crippen LogP contribution in [0.3, 0.4) is 0 Å². The van der Waals surface area contributed by atoms with Gasteiger partial charge in [0, 0.05) is 32.1 Å². The van der Waals surface area contributed by atoms with E-state index in [9.17, 15) is 4.79 Å². The van der Waals surface area contributed by atoms with Gasteiger partial charge in [-0.2, -0.15) is 0 Å². The highest BCUT2D eigenvalue weighted by Gasteiger charge is 2.43. The second kappa shape index (κ2) is 9.22. The molecule has 2 aliphatic rings. The normalized spacial score (nSPS) is 22.3. The Balaban J connectivity index is 1.36. The number of benzene rings is 1. The lowest BCUT2D eigenvalue weighted by atomic mass is 9.96. The molecule has 1 amide bonds. The van der Waals surface area contributed by atoms with Crippen LogP contribution in [-0.2, 0) is 10.2 Å². The lowest BCUT2D eigenvalue weighted by molar-refractivity contribution is -0.123. The number of nitrogens with one attached hydrogen (secondary N) is 2. The third kappa shape index (κ3) is 5.45. The summed E-state index contributed by atoms with van der Waals surface area (Å²) in [6, 6.07) is 10.8. The molecule has 148 valence electrons. The predicted molar refractivity (Wildman–Crippen MR) is 110 cm³/mol. The average Bonchev–Trinajstić information content (AvgIpc) is 3.49. The third-order valence-corrected chi connectivity index (χ3v) is 5.91. The number of likely N-dealkylation sites (tertiary alicyclic amines) is 1. The Morgan fingerprint density at radius 2 is 2.07 bits per heavy atom. The molecule has 0 bridgehead atoms. The van der Waals surface area contributed by atoms with Gasteiger partial charge in [0.05, 0.1) is 5.92 Å². The van der Waals surface area contributed by atoms with Crippen LogP contribution in [0.4, 0.5) is 0 Å². The highest BCUT2D eigenvalue weighted by atomic mass is 16.1. The topological polar surface area (TPSA) is 82.8 Å². The molecule has 0 radical (unpaired) electrons. The van der Waals surface area contributed by atoms with Crippen molar-refractivity contribution in [2.75, 3.05) is 39.8 Å². The summed E-state index contributed by atoms with van der Waals surface area (Å²) >= 11 is 0. The lowest BCUT2D eigenvalue weighted by Crippen LogP contribution is -2.44. The molecule has 1 saturated heterocycles. The van der Waals surface area contributed by atoms with E-state index in [-0.39, 0.29) is 17.2 Å². The van der Waals surface area contributed by atoms with Crippen molar-refractivity contribution in [1.29, 1.82) is 0 Å². The van der Waals surface area contributed by atoms with Crippen molar-refractivity contribution in [2.45, 2.75) is 37.5 Å². The summed E-state index contributed by atoms with van der Waals surface area (Å²) in [5.41, 5.74) is 7.15. The van der Waals surface area contributed by atoms with E-state index in [1.807, 2.05) is 7.05 Å². The molecule has 4 N–H and O–H groups in total. The molecule has 27 heavy (non-hydrogen) atoms. The molecule has 1 aromatic carbocycles. The largest absolute Gasteiger partial charge is 0.369 e. The number of aliphatic imine (C=N–C) groups is 1. The number of hydrogen-bond acceptors (Lipinski definition) is 3. The SMILES string of the molecule is CN=C(NCCCN1CCCC(C(N)=O)C1)NCC1(c2ccccc2)CC1. The van der Waals surface area contributed by atoms with Gasteiger partial charge in [0.1, 0.15) is 0 Å². The maximum absolute atomic E-state index is 11.4. The van der Waals surface area contributed by atoms with E-state index in [0.29, 0.717) is 0 Å². The molecular weight excluding hydrogens is 338 g/mol. The van der Waals surface area contributed by atoms with E-state index in [1.165, 1.54) is 18.4 Å². The van der Waals surface area contributed by atoms with E-state index in [4.69, 9.17) is 5.73 Å². The van der Waals surface area contributed by atoms with Crippen LogP contribution < -0.4 is 16.4 Å². The highest BCUT2D eigenvalue weighted by molar-refractivity contribution is 5.79. The van der Waals surface area contributed by atoms with E-state index in [2.05, 4.69) is 50.9 Å². The van der Waals surface area contributed by atoms with Crippen molar-refractivity contribution in [3.8, 4) is 0 Å². The molecule has 3 rings (SSSR count). The smallest absolute Gasteiger partial charge is 0.221 e. The third-order valence-electron chi connectivity index (χ3n) is 5.91. The summed E-state index contributed by atoms with van der Waals surface area (Å²) in [7, 11) is 1.82. The summed E-state index contributed by atoms with van der Waals surface area (Å²) in [5, 5.41) is 6.91. The Hall–Kier alpha value is -2.08. The Kier molecular flexibility index (Phi) is 6.72. The number of carbonyl (C=O) groups excluding carboxylic acids is 1. The molecular formula is C21H33N5O. The summed E-state index contributed by atoms with van der Waals surface area (Å²) < 4.78 is 0. The summed E-state index contributed by atoms with van der Waals surface area (Å²) in [6.07, 6.45) is 5.49. The number of nitrogens with zero attached hydrogens (tertiary/aromatic N) is 2. The van der Waals surface area contributed by atoms with Crippen LogP contribution in [-0.4, -0.2) is 56.5 Å². The van der Waals surface area contributed by atoms with Crippen LogP contribution >= 0.6 is 0 Å². The Morgan fingerprint density at radius 1 is 1.30 bits per heavy atom. The number of carbonyl (C=O) groups is 1. The fraction of sp³-hybridized carbons (Fsp3) is 0.619. The minimum absolute atomic E-state index is 0.0221. The van der Waals surface area contributed by atoms with E-state index in [1.54, 1.807) is 0 Å². The molecule has 1 aliphatic heterocycles. The van der Waals surface area contributed by atoms with Crippen molar-refractivity contribution < 1.29 is 4.79 Å². The second-order valence-corrected chi connectivity index (χ2v) is 7.89. The van der Waals surface area contributed by atoms with Gasteiger partial charge in [0.15, 0.2) is 5.96 Å². The van der Waals surface area contributed by atoms with Crippen molar-refractivity contribution >= 4 is 11.9 Å². The summed E-state index contributed by atoms with van der Waals surface area (Å²) in [5.74, 6) is 0.731. The molecule has 1 saturated carbocycles. The van der Waals surface area contributed by atoms with Gasteiger partial charge in [-0.3, -0.25) is 9.79 Å². The number of amides is 1. The van der Waals surface area contributed by atoms with E-state index in [0.717, 1.165) is 57.9 Å². The highest BCUT2D eigenvalue weighted by Crippen LogP contribution is 2.47. The molecule has 2 fully saturated rings. The number of piperidine rings is 1. The fourth-order valence-corrected chi connectivity index (χ4v) is 3.98. The zero-order chi connectivity index (χ0) is 19.1. The average molecular weight is 372 g/mol. The van der Waals surface area contributed by atoms with Crippen molar-refractivity contribution in [3.63, 3.8) is 0 Å². The molecule has 0 aromatic heterocycles. The first-order valence-corrected chi connectivity index (χ1v) is 10.1. The summed E-state index contributed by atoms with van der Waals surface area (Å²) in [6.45, 7) is 4.65. The Morgan fingerprint density at radius 3 is 2.74 bits per heavy atom. The van der Waals surface area contributed by atoms with Gasteiger partial charge >= 0.3 is 0 Å². The summed E-state index contributed by atoms with van der Waals surface area (Å²) in [4.78, 5) is 18.1. The van der Waals surface area contributed by atoms with E-state index >= 15 is 0 Å². The zero-order valence-corrected chi connectivity index (χ0v) is 16.4. The number of guanidine groups is 1. The first-order chi connectivity index (χ1) is 13.1. The minimum atomic E-state index is -0.158. The Bertz CT molecular complexity index is 641. The lowest BCUT2D eigenvalue weighted by Gasteiger charge is -2.31. The molecule has 1 unspecified atom stereocenters. The monoisotopic (exact) mass is 371 g/mol. The molecule has 0 spiro atoms. The number of rotatable bonds is 8. The van der Waals surface area contributed by atoms with E-state index < -0.39 is 0 Å². The number of hydrogen-bond donors (Lipinski definition) is 3. The maximum Gasteiger partial charge on any atom is 0.221 e. The molecule has 1 aliphatic carbocycles. The maximum atomic E-state index is 11.4. The van der Waals surface area contributed by atoms with Crippen molar-refractivity contribution in [3.05, 3.63) is 35.9 Å². The van der Waals surface area contributed by atoms with Crippen LogP contribution in [0.2, 0.25) is 0 Å². The van der Waals surface area contributed by atoms with Gasteiger partial charge in [-0.05, 0) is 50.8 Å². The minimum Gasteiger partial charge on any atom is -0.369 e. The van der Waals surface area contributed by atoms with Gasteiger partial charge < -0.3 is 21.3 Å². The number of primary amides is 1. The van der Waals surface area contributed by atoms with Gasteiger partial charge in [0.25, 0.3) is 0 Å². The van der Waals surface area contributed by atoms with Crippen LogP contribution in [0.25, 0.3) is 0 Å². The first kappa shape index (κ1) is 19.7. The van der Waals surface area contributed by atoms with Crippen LogP contribution in [0.1, 0.15) is 37.7 Å². The molecule has 1 atom stereocenters. The molecule has 1 heterocycles. The number of nitrogens with two attached hydrogens (primary N) is 1. The molecule has 6 heteroatoms. The van der Waals surface area contributed by atoms with Crippen molar-refractivity contribution in [1.82, 2.24) is 15.5 Å². The fourth-order valence-electron chi connectivity index (χ4n) is 3.98. The van der Waals surface area contributed by atoms with Gasteiger partial charge in [-0.25, -0.2) is 0 Å². The molecule has 6 nitrogen and oxygen atoms in total. The first-order valence-electron chi connectivity index (χ1n) is 10.1. The van der Waals surface area contributed by atoms with Gasteiger partial charge in [-0.15, -0.1) is 0 Å².